The molecule has 208 valence electrons. The average molecular weight is 517 g/mol. The zero-order valence-corrected chi connectivity index (χ0v) is 25.0. The lowest BCUT2D eigenvalue weighted by molar-refractivity contribution is 0.0242. The van der Waals surface area contributed by atoms with Gasteiger partial charge in [-0.05, 0) is 62.2 Å². The molecule has 0 aromatic heterocycles. The van der Waals surface area contributed by atoms with E-state index in [1.165, 1.54) is 56.9 Å². The fraction of sp³-hybridized carbons (Fsp3) is 0.667. The first-order valence-electron chi connectivity index (χ1n) is 15.6. The van der Waals surface area contributed by atoms with Gasteiger partial charge in [-0.25, -0.2) is 0 Å². The maximum atomic E-state index is 14.1. The van der Waals surface area contributed by atoms with Crippen LogP contribution in [0.4, 0.5) is 0 Å². The SMILES string of the molecule is CC(=CC[C@]12C(=O)c3ccccc3C(=O)[C@@]1(C)[C@H]1C=C[C@@H]2C1)CCCC(C)CCCC(C)CCCC(C)C. The number of allylic oxidation sites excluding steroid dienone is 4. The first kappa shape index (κ1) is 29.0. The molecule has 2 bridgehead atoms. The number of benzene rings is 1. The topological polar surface area (TPSA) is 34.1 Å². The summed E-state index contributed by atoms with van der Waals surface area (Å²) >= 11 is 0. The Bertz CT molecular complexity index is 1060. The van der Waals surface area contributed by atoms with Gasteiger partial charge in [0.15, 0.2) is 11.6 Å². The van der Waals surface area contributed by atoms with Gasteiger partial charge in [0.05, 0.1) is 10.8 Å². The number of fused-ring (bicyclic) bond motifs is 6. The van der Waals surface area contributed by atoms with Crippen LogP contribution in [0.3, 0.4) is 0 Å². The molecule has 1 fully saturated rings. The summed E-state index contributed by atoms with van der Waals surface area (Å²) in [6.07, 6.45) is 20.1. The Morgan fingerprint density at radius 1 is 0.842 bits per heavy atom. The Balaban J connectivity index is 1.30. The second-order valence-electron chi connectivity index (χ2n) is 13.8. The van der Waals surface area contributed by atoms with E-state index >= 15 is 0 Å². The number of hydrogen-bond acceptors (Lipinski definition) is 2. The summed E-state index contributed by atoms with van der Waals surface area (Å²) in [6, 6.07) is 7.52. The number of ketones is 2. The highest BCUT2D eigenvalue weighted by Crippen LogP contribution is 2.69. The van der Waals surface area contributed by atoms with Crippen molar-refractivity contribution >= 4 is 11.6 Å². The molecule has 4 rings (SSSR count). The van der Waals surface area contributed by atoms with E-state index < -0.39 is 10.8 Å². The zero-order valence-electron chi connectivity index (χ0n) is 25.0. The average Bonchev–Trinajstić information content (AvgIpc) is 3.47. The van der Waals surface area contributed by atoms with E-state index in [-0.39, 0.29) is 23.4 Å². The van der Waals surface area contributed by atoms with Gasteiger partial charge in [-0.15, -0.1) is 0 Å². The second-order valence-corrected chi connectivity index (χ2v) is 13.8. The van der Waals surface area contributed by atoms with Crippen molar-refractivity contribution in [1.82, 2.24) is 0 Å². The molecule has 3 aliphatic carbocycles. The van der Waals surface area contributed by atoms with Crippen molar-refractivity contribution < 1.29 is 9.59 Å². The van der Waals surface area contributed by atoms with Crippen molar-refractivity contribution in [3.63, 3.8) is 0 Å². The molecule has 0 aliphatic heterocycles. The van der Waals surface area contributed by atoms with E-state index in [1.54, 1.807) is 0 Å². The molecule has 38 heavy (non-hydrogen) atoms. The van der Waals surface area contributed by atoms with Crippen molar-refractivity contribution in [2.45, 2.75) is 112 Å². The largest absolute Gasteiger partial charge is 0.293 e. The van der Waals surface area contributed by atoms with Crippen LogP contribution in [-0.4, -0.2) is 11.6 Å². The summed E-state index contributed by atoms with van der Waals surface area (Å²) < 4.78 is 0. The lowest BCUT2D eigenvalue weighted by Crippen LogP contribution is -2.56. The Morgan fingerprint density at radius 2 is 1.39 bits per heavy atom. The molecule has 2 nitrogen and oxygen atoms in total. The van der Waals surface area contributed by atoms with Crippen LogP contribution in [0.2, 0.25) is 0 Å². The molecule has 0 spiro atoms. The van der Waals surface area contributed by atoms with E-state index in [4.69, 9.17) is 0 Å². The van der Waals surface area contributed by atoms with E-state index in [9.17, 15) is 9.59 Å². The highest BCUT2D eigenvalue weighted by atomic mass is 16.1. The van der Waals surface area contributed by atoms with Crippen LogP contribution >= 0.6 is 0 Å². The quantitative estimate of drug-likeness (QED) is 0.230. The van der Waals surface area contributed by atoms with Gasteiger partial charge in [-0.1, -0.05) is 128 Å². The van der Waals surface area contributed by atoms with Crippen LogP contribution in [0.25, 0.3) is 0 Å². The van der Waals surface area contributed by atoms with Crippen LogP contribution in [0.1, 0.15) is 133 Å². The predicted octanol–water partition coefficient (Wildman–Crippen LogP) is 10.0. The number of rotatable bonds is 14. The normalized spacial score (nSPS) is 29.6. The minimum absolute atomic E-state index is 0.166. The van der Waals surface area contributed by atoms with E-state index in [1.807, 2.05) is 24.3 Å². The number of hydrogen-bond donors (Lipinski definition) is 0. The third-order valence-electron chi connectivity index (χ3n) is 10.6. The maximum Gasteiger partial charge on any atom is 0.171 e. The second kappa shape index (κ2) is 12.1. The third kappa shape index (κ3) is 5.39. The summed E-state index contributed by atoms with van der Waals surface area (Å²) in [7, 11) is 0. The molecule has 1 aromatic rings. The molecule has 1 aromatic carbocycles. The van der Waals surface area contributed by atoms with Crippen molar-refractivity contribution in [3.05, 3.63) is 59.2 Å². The van der Waals surface area contributed by atoms with Crippen LogP contribution < -0.4 is 0 Å². The number of Topliss-reactive ketones (excluding diaryl/α,β-unsaturated/α-hetero) is 2. The van der Waals surface area contributed by atoms with Gasteiger partial charge < -0.3 is 0 Å². The highest BCUT2D eigenvalue weighted by Gasteiger charge is 2.71. The fourth-order valence-corrected chi connectivity index (χ4v) is 7.98. The monoisotopic (exact) mass is 516 g/mol. The van der Waals surface area contributed by atoms with E-state index in [2.05, 4.69) is 59.8 Å². The minimum Gasteiger partial charge on any atom is -0.293 e. The standard InChI is InChI=1S/C36H52O2/c1-25(2)12-9-13-26(3)14-10-15-27(4)16-11-17-28(5)22-23-36-30-21-20-29(24-30)35(36,6)33(37)31-18-7-8-19-32(31)34(36)38/h7-8,18-22,25-27,29-30H,9-17,23-24H2,1-6H3/t26?,27?,29-,30+,35+,36-/m0/s1. The van der Waals surface area contributed by atoms with Crippen molar-refractivity contribution in [1.29, 1.82) is 0 Å². The summed E-state index contributed by atoms with van der Waals surface area (Å²) in [6.45, 7) is 13.8. The summed E-state index contributed by atoms with van der Waals surface area (Å²) in [4.78, 5) is 27.9. The fourth-order valence-electron chi connectivity index (χ4n) is 7.98. The van der Waals surface area contributed by atoms with Gasteiger partial charge in [0.2, 0.25) is 0 Å². The van der Waals surface area contributed by atoms with Gasteiger partial charge in [0, 0.05) is 11.1 Å². The molecule has 2 unspecified atom stereocenters. The van der Waals surface area contributed by atoms with Gasteiger partial charge in [0.1, 0.15) is 0 Å². The molecule has 3 aliphatic rings. The van der Waals surface area contributed by atoms with Crippen LogP contribution in [0, 0.1) is 40.4 Å². The Kier molecular flexibility index (Phi) is 9.21. The van der Waals surface area contributed by atoms with Crippen LogP contribution in [0.15, 0.2) is 48.1 Å². The number of carbonyl (C=O) groups is 2. The first-order chi connectivity index (χ1) is 18.1. The van der Waals surface area contributed by atoms with Crippen molar-refractivity contribution in [3.8, 4) is 0 Å². The molecule has 2 heteroatoms. The van der Waals surface area contributed by atoms with Crippen molar-refractivity contribution in [2.24, 2.45) is 40.4 Å². The van der Waals surface area contributed by atoms with Crippen LogP contribution in [-0.2, 0) is 0 Å². The summed E-state index contributed by atoms with van der Waals surface area (Å²) in [5, 5.41) is 0. The molecular formula is C36H52O2. The van der Waals surface area contributed by atoms with E-state index in [0.717, 1.165) is 30.6 Å². The summed E-state index contributed by atoms with van der Waals surface area (Å²) in [5.74, 6) is 3.18. The third-order valence-corrected chi connectivity index (χ3v) is 10.6. The Morgan fingerprint density at radius 3 is 2.03 bits per heavy atom. The zero-order chi connectivity index (χ0) is 27.5. The van der Waals surface area contributed by atoms with Gasteiger partial charge in [-0.2, -0.15) is 0 Å². The Labute approximate surface area is 232 Å². The predicted molar refractivity (Wildman–Crippen MR) is 159 cm³/mol. The van der Waals surface area contributed by atoms with Crippen LogP contribution in [0.5, 0.6) is 0 Å². The highest BCUT2D eigenvalue weighted by molar-refractivity contribution is 6.20. The molecule has 0 saturated heterocycles. The first-order valence-corrected chi connectivity index (χ1v) is 15.6. The lowest BCUT2D eigenvalue weighted by atomic mass is 9.49. The van der Waals surface area contributed by atoms with E-state index in [0.29, 0.717) is 17.5 Å². The summed E-state index contributed by atoms with van der Waals surface area (Å²) in [5.41, 5.74) is 1.40. The Hall–Kier alpha value is -1.96. The van der Waals surface area contributed by atoms with Gasteiger partial charge >= 0.3 is 0 Å². The smallest absolute Gasteiger partial charge is 0.171 e. The molecule has 0 heterocycles. The number of carbonyl (C=O) groups excluding carboxylic acids is 2. The minimum atomic E-state index is -0.630. The van der Waals surface area contributed by atoms with Gasteiger partial charge in [0.25, 0.3) is 0 Å². The molecular weight excluding hydrogens is 464 g/mol. The van der Waals surface area contributed by atoms with Crippen molar-refractivity contribution in [2.75, 3.05) is 0 Å². The molecule has 0 radical (unpaired) electrons. The molecule has 0 N–H and O–H groups in total. The van der Waals surface area contributed by atoms with Gasteiger partial charge in [-0.3, -0.25) is 9.59 Å². The molecule has 6 atom stereocenters. The molecule has 1 saturated carbocycles. The molecule has 0 amide bonds. The lowest BCUT2D eigenvalue weighted by Gasteiger charge is -2.50. The maximum absolute atomic E-state index is 14.1.